The Morgan fingerprint density at radius 2 is 0.902 bits per heavy atom. The molecule has 2 atom stereocenters. The molecule has 0 aromatic heterocycles. The van der Waals surface area contributed by atoms with Gasteiger partial charge in [0, 0.05) is 19.5 Å². The summed E-state index contributed by atoms with van der Waals surface area (Å²) in [5.74, 6) is 0. The Balaban J connectivity index is 0.000000452. The Morgan fingerprint density at radius 3 is 1.29 bits per heavy atom. The van der Waals surface area contributed by atoms with E-state index in [0.717, 1.165) is 38.9 Å². The summed E-state index contributed by atoms with van der Waals surface area (Å²) in [7, 11) is -3.81. The first-order valence-electron chi connectivity index (χ1n) is 13.8. The molecule has 220 valence electrons. The molecule has 4 nitrogen and oxygen atoms in total. The third-order valence-corrected chi connectivity index (χ3v) is 10.0. The minimum Gasteiger partial charge on any atom is -0.322 e. The minimum atomic E-state index is -3.81. The average molecular weight is 658 g/mol. The van der Waals surface area contributed by atoms with Gasteiger partial charge in [-0.25, -0.2) is 13.1 Å². The van der Waals surface area contributed by atoms with Crippen molar-refractivity contribution in [1.82, 2.24) is 4.72 Å². The summed E-state index contributed by atoms with van der Waals surface area (Å²) in [6, 6.07) is 22.4. The van der Waals surface area contributed by atoms with Crippen molar-refractivity contribution in [3.8, 4) is 0 Å². The molecular weight excluding hydrogens is 614 g/mol. The zero-order valence-corrected chi connectivity index (χ0v) is 28.3. The van der Waals surface area contributed by atoms with Gasteiger partial charge in [0.25, 0.3) is 0 Å². The Hall–Kier alpha value is -2.63. The summed E-state index contributed by atoms with van der Waals surface area (Å²) in [5, 5.41) is 0. The SMILES string of the molecule is Cc1c(C)c(C)c(S(=O)(=O)N[C@@H](c2ccccc2)[C@@H](N)c2ccccc2)c(C)c1C.Cc1cc(C)c(C)cc1C.[Ru]. The molecule has 0 saturated heterocycles. The second-order valence-electron chi connectivity index (χ2n) is 10.9. The van der Waals surface area contributed by atoms with Crippen molar-refractivity contribution in [2.45, 2.75) is 79.3 Å². The molecule has 0 amide bonds. The van der Waals surface area contributed by atoms with E-state index < -0.39 is 22.1 Å². The maximum Gasteiger partial charge on any atom is 0.241 e. The normalized spacial score (nSPS) is 12.5. The van der Waals surface area contributed by atoms with E-state index in [-0.39, 0.29) is 19.5 Å². The summed E-state index contributed by atoms with van der Waals surface area (Å²) < 4.78 is 30.2. The Bertz CT molecular complexity index is 1510. The van der Waals surface area contributed by atoms with Crippen molar-refractivity contribution in [3.05, 3.63) is 134 Å². The third kappa shape index (κ3) is 8.02. The van der Waals surface area contributed by atoms with Crippen LogP contribution < -0.4 is 10.5 Å². The molecule has 4 aromatic rings. The van der Waals surface area contributed by atoms with Gasteiger partial charge in [0.1, 0.15) is 0 Å². The molecule has 0 aliphatic carbocycles. The van der Waals surface area contributed by atoms with Crippen LogP contribution in [0.5, 0.6) is 0 Å². The van der Waals surface area contributed by atoms with Gasteiger partial charge in [0.05, 0.1) is 17.0 Å². The fourth-order valence-electron chi connectivity index (χ4n) is 5.08. The number of benzene rings is 4. The molecule has 0 heterocycles. The first kappa shape index (κ1) is 34.6. The Morgan fingerprint density at radius 1 is 0.561 bits per heavy atom. The molecule has 0 saturated carbocycles. The van der Waals surface area contributed by atoms with Crippen molar-refractivity contribution in [2.24, 2.45) is 5.73 Å². The Labute approximate surface area is 260 Å². The van der Waals surface area contributed by atoms with Gasteiger partial charge >= 0.3 is 0 Å². The molecule has 0 fully saturated rings. The topological polar surface area (TPSA) is 72.2 Å². The van der Waals surface area contributed by atoms with Crippen molar-refractivity contribution < 1.29 is 27.9 Å². The number of aryl methyl sites for hydroxylation is 4. The molecule has 41 heavy (non-hydrogen) atoms. The van der Waals surface area contributed by atoms with Gasteiger partial charge in [-0.15, -0.1) is 0 Å². The molecule has 0 spiro atoms. The first-order valence-corrected chi connectivity index (χ1v) is 15.2. The van der Waals surface area contributed by atoms with E-state index >= 15 is 0 Å². The fraction of sp³-hybridized carbons (Fsp3) is 0.314. The molecule has 0 bridgehead atoms. The molecular formula is C35H44N2O2RuS. The largest absolute Gasteiger partial charge is 0.322 e. The monoisotopic (exact) mass is 658 g/mol. The predicted octanol–water partition coefficient (Wildman–Crippen LogP) is 7.87. The summed E-state index contributed by atoms with van der Waals surface area (Å²) in [6.45, 7) is 18.3. The average Bonchev–Trinajstić information content (AvgIpc) is 2.93. The third-order valence-electron chi connectivity index (χ3n) is 8.29. The van der Waals surface area contributed by atoms with Crippen LogP contribution in [0.2, 0.25) is 0 Å². The van der Waals surface area contributed by atoms with Gasteiger partial charge < -0.3 is 5.73 Å². The maximum absolute atomic E-state index is 13.6. The smallest absolute Gasteiger partial charge is 0.241 e. The molecule has 0 aliphatic heterocycles. The van der Waals surface area contributed by atoms with E-state index in [0.29, 0.717) is 4.90 Å². The van der Waals surface area contributed by atoms with E-state index in [1.807, 2.05) is 95.3 Å². The van der Waals surface area contributed by atoms with E-state index in [4.69, 9.17) is 5.73 Å². The van der Waals surface area contributed by atoms with Gasteiger partial charge in [-0.05, 0) is 124 Å². The number of rotatable bonds is 6. The zero-order valence-electron chi connectivity index (χ0n) is 25.7. The molecule has 4 aromatic carbocycles. The Kier molecular flexibility index (Phi) is 12.2. The molecule has 0 unspecified atom stereocenters. The first-order chi connectivity index (χ1) is 18.8. The van der Waals surface area contributed by atoms with E-state index in [1.54, 1.807) is 0 Å². The van der Waals surface area contributed by atoms with Crippen LogP contribution in [0.4, 0.5) is 0 Å². The van der Waals surface area contributed by atoms with Crippen molar-refractivity contribution >= 4 is 10.0 Å². The number of sulfonamides is 1. The summed E-state index contributed by atoms with van der Waals surface area (Å²) >= 11 is 0. The summed E-state index contributed by atoms with van der Waals surface area (Å²) in [6.07, 6.45) is 0. The quantitative estimate of drug-likeness (QED) is 0.208. The fourth-order valence-corrected chi connectivity index (χ4v) is 6.92. The van der Waals surface area contributed by atoms with Gasteiger partial charge in [-0.1, -0.05) is 72.8 Å². The second kappa shape index (κ2) is 14.5. The van der Waals surface area contributed by atoms with Crippen LogP contribution in [0.15, 0.2) is 77.7 Å². The van der Waals surface area contributed by atoms with E-state index in [9.17, 15) is 8.42 Å². The second-order valence-corrected chi connectivity index (χ2v) is 12.6. The molecule has 0 radical (unpaired) electrons. The van der Waals surface area contributed by atoms with Crippen LogP contribution in [0, 0.1) is 62.3 Å². The van der Waals surface area contributed by atoms with Crippen LogP contribution in [0.3, 0.4) is 0 Å². The number of hydrogen-bond acceptors (Lipinski definition) is 3. The summed E-state index contributed by atoms with van der Waals surface area (Å²) in [4.78, 5) is 0.351. The number of hydrogen-bond donors (Lipinski definition) is 2. The zero-order chi connectivity index (χ0) is 29.8. The van der Waals surface area contributed by atoms with E-state index in [1.165, 1.54) is 22.3 Å². The van der Waals surface area contributed by atoms with E-state index in [2.05, 4.69) is 44.5 Å². The van der Waals surface area contributed by atoms with Crippen molar-refractivity contribution in [2.75, 3.05) is 0 Å². The van der Waals surface area contributed by atoms with Crippen LogP contribution >= 0.6 is 0 Å². The number of nitrogens with one attached hydrogen (secondary N) is 1. The predicted molar refractivity (Wildman–Crippen MR) is 168 cm³/mol. The van der Waals surface area contributed by atoms with Gasteiger partial charge in [-0.2, -0.15) is 0 Å². The molecule has 0 aliphatic rings. The van der Waals surface area contributed by atoms with Crippen molar-refractivity contribution in [1.29, 1.82) is 0 Å². The van der Waals surface area contributed by atoms with Crippen LogP contribution in [-0.2, 0) is 29.5 Å². The summed E-state index contributed by atoms with van der Waals surface area (Å²) in [5.41, 5.74) is 18.6. The standard InChI is InChI=1S/C25H30N2O2S.C10H14.Ru/c1-16-17(2)19(4)25(20(5)18(16)3)30(28,29)27-24(22-14-10-7-11-15-22)23(26)21-12-8-6-9-13-21;1-7-5-9(3)10(4)6-8(7)2;/h6-15,23-24,27H,26H2,1-5H3;5-6H,1-4H3;/t23-,24-;;/m0../s1. The molecule has 4 rings (SSSR count). The van der Waals surface area contributed by atoms with Gasteiger partial charge in [0.15, 0.2) is 0 Å². The van der Waals surface area contributed by atoms with Crippen LogP contribution in [0.1, 0.15) is 73.3 Å². The van der Waals surface area contributed by atoms with Gasteiger partial charge in [-0.3, -0.25) is 0 Å². The molecule has 6 heteroatoms. The molecule has 3 N–H and O–H groups in total. The van der Waals surface area contributed by atoms with Crippen molar-refractivity contribution in [3.63, 3.8) is 0 Å². The number of nitrogens with two attached hydrogens (primary N) is 1. The maximum atomic E-state index is 13.6. The van der Waals surface area contributed by atoms with Gasteiger partial charge in [0.2, 0.25) is 10.0 Å². The van der Waals surface area contributed by atoms with Crippen LogP contribution in [0.25, 0.3) is 0 Å². The van der Waals surface area contributed by atoms with Crippen LogP contribution in [-0.4, -0.2) is 8.42 Å². The minimum absolute atomic E-state index is 0.